The Morgan fingerprint density at radius 2 is 1.71 bits per heavy atom. The summed E-state index contributed by atoms with van der Waals surface area (Å²) in [6.45, 7) is 3.13. The summed E-state index contributed by atoms with van der Waals surface area (Å²) in [5.41, 5.74) is 1.81. The third kappa shape index (κ3) is 3.02. The molecule has 4 aromatic rings. The zero-order valence-electron chi connectivity index (χ0n) is 21.0. The number of aryl methyl sites for hydroxylation is 1. The molecule has 4 heterocycles. The number of carbonyl (C=O) groups is 2. The van der Waals surface area contributed by atoms with Gasteiger partial charge in [0.15, 0.2) is 11.0 Å². The number of ether oxygens (including phenoxy) is 1. The molecular formula is C31H26N2O5. The number of amides is 2. The highest BCUT2D eigenvalue weighted by Gasteiger charge is 2.65. The zero-order valence-corrected chi connectivity index (χ0v) is 21.0. The monoisotopic (exact) mass is 506 g/mol. The van der Waals surface area contributed by atoms with Crippen LogP contribution in [0, 0.1) is 6.92 Å². The molecular weight excluding hydrogens is 480 g/mol. The number of para-hydroxylation sites is 2. The van der Waals surface area contributed by atoms with Crippen LogP contribution >= 0.6 is 0 Å². The van der Waals surface area contributed by atoms with Crippen LogP contribution in [0.15, 0.2) is 82.0 Å². The van der Waals surface area contributed by atoms with Gasteiger partial charge in [0.05, 0.1) is 29.3 Å². The summed E-state index contributed by atoms with van der Waals surface area (Å²) < 4.78 is 12.0. The molecule has 1 spiro atoms. The van der Waals surface area contributed by atoms with Crippen molar-refractivity contribution in [2.24, 2.45) is 0 Å². The van der Waals surface area contributed by atoms with E-state index in [9.17, 15) is 14.4 Å². The molecule has 0 saturated carbocycles. The van der Waals surface area contributed by atoms with Gasteiger partial charge in [0.2, 0.25) is 5.76 Å². The predicted molar refractivity (Wildman–Crippen MR) is 142 cm³/mol. The lowest BCUT2D eigenvalue weighted by Gasteiger charge is -2.35. The Balaban J connectivity index is 1.50. The lowest BCUT2D eigenvalue weighted by molar-refractivity contribution is -0.126. The van der Waals surface area contributed by atoms with Gasteiger partial charge in [-0.2, -0.15) is 0 Å². The summed E-state index contributed by atoms with van der Waals surface area (Å²) >= 11 is 0. The van der Waals surface area contributed by atoms with Crippen molar-refractivity contribution in [1.82, 2.24) is 4.90 Å². The van der Waals surface area contributed by atoms with Crippen LogP contribution in [0.25, 0.3) is 11.0 Å². The van der Waals surface area contributed by atoms with Crippen LogP contribution in [0.3, 0.4) is 0 Å². The van der Waals surface area contributed by atoms with E-state index in [0.29, 0.717) is 35.4 Å². The highest BCUT2D eigenvalue weighted by Crippen LogP contribution is 2.53. The molecule has 2 amide bonds. The van der Waals surface area contributed by atoms with Crippen molar-refractivity contribution in [2.45, 2.75) is 38.0 Å². The van der Waals surface area contributed by atoms with Gasteiger partial charge in [0.1, 0.15) is 5.58 Å². The smallest absolute Gasteiger partial charge is 0.291 e. The van der Waals surface area contributed by atoms with Gasteiger partial charge in [-0.15, -0.1) is 0 Å². The van der Waals surface area contributed by atoms with Crippen LogP contribution in [0.4, 0.5) is 5.69 Å². The van der Waals surface area contributed by atoms with E-state index in [0.717, 1.165) is 24.0 Å². The maximum atomic E-state index is 14.8. The number of anilines is 1. The van der Waals surface area contributed by atoms with Gasteiger partial charge in [0, 0.05) is 18.7 Å². The molecule has 3 aromatic carbocycles. The van der Waals surface area contributed by atoms with Crippen molar-refractivity contribution in [2.75, 3.05) is 18.1 Å². The Labute approximate surface area is 219 Å². The fraction of sp³-hybridized carbons (Fsp3) is 0.258. The molecule has 7 nitrogen and oxygen atoms in total. The minimum Gasteiger partial charge on any atom is -0.450 e. The van der Waals surface area contributed by atoms with Gasteiger partial charge < -0.3 is 19.0 Å². The number of hydrogen-bond acceptors (Lipinski definition) is 5. The Kier molecular flexibility index (Phi) is 5.07. The second-order valence-electron chi connectivity index (χ2n) is 10.2. The molecule has 3 aliphatic heterocycles. The topological polar surface area (TPSA) is 80.1 Å². The number of fused-ring (bicyclic) bond motifs is 5. The van der Waals surface area contributed by atoms with Crippen molar-refractivity contribution >= 4 is 28.5 Å². The Morgan fingerprint density at radius 3 is 2.53 bits per heavy atom. The maximum absolute atomic E-state index is 14.8. The lowest BCUT2D eigenvalue weighted by Crippen LogP contribution is -2.55. The predicted octanol–water partition coefficient (Wildman–Crippen LogP) is 4.53. The van der Waals surface area contributed by atoms with E-state index in [2.05, 4.69) is 0 Å². The molecule has 0 N–H and O–H groups in total. The summed E-state index contributed by atoms with van der Waals surface area (Å²) in [5, 5.41) is 0.347. The Bertz CT molecular complexity index is 1690. The number of hydrogen-bond donors (Lipinski definition) is 0. The van der Waals surface area contributed by atoms with Gasteiger partial charge in [-0.05, 0) is 49.1 Å². The van der Waals surface area contributed by atoms with Crippen molar-refractivity contribution in [3.63, 3.8) is 0 Å². The molecule has 3 aliphatic rings. The lowest BCUT2D eigenvalue weighted by atomic mass is 9.83. The number of carbonyl (C=O) groups excluding carboxylic acids is 2. The van der Waals surface area contributed by atoms with Crippen molar-refractivity contribution < 1.29 is 18.7 Å². The average Bonchev–Trinajstić information content (AvgIpc) is 3.60. The number of rotatable bonds is 4. The van der Waals surface area contributed by atoms with Crippen LogP contribution < -0.4 is 10.3 Å². The van der Waals surface area contributed by atoms with E-state index in [4.69, 9.17) is 9.15 Å². The van der Waals surface area contributed by atoms with Crippen LogP contribution in [0.1, 0.15) is 45.7 Å². The molecule has 1 aromatic heterocycles. The van der Waals surface area contributed by atoms with Gasteiger partial charge in [-0.3, -0.25) is 14.4 Å². The van der Waals surface area contributed by atoms with E-state index in [1.807, 2.05) is 55.5 Å². The molecule has 7 rings (SSSR count). The highest BCUT2D eigenvalue weighted by atomic mass is 16.5. The van der Waals surface area contributed by atoms with Gasteiger partial charge >= 0.3 is 0 Å². The minimum absolute atomic E-state index is 0.0624. The summed E-state index contributed by atoms with van der Waals surface area (Å²) in [7, 11) is 0. The van der Waals surface area contributed by atoms with Gasteiger partial charge in [-0.25, -0.2) is 0 Å². The first-order valence-electron chi connectivity index (χ1n) is 13.0. The van der Waals surface area contributed by atoms with E-state index in [1.54, 1.807) is 29.2 Å². The standard InChI is InChI=1S/C31H26N2O5/c1-19-9-2-3-10-20(19)17-32-24-14-6-5-13-23(24)31(30(32)36)26-27(34)22-12-4-7-15-25(22)38-28(26)29(35)33(31)18-21-11-8-16-37-21/h2-7,9-10,12-15,21H,8,11,16-18H2,1H3. The molecule has 7 heteroatoms. The van der Waals surface area contributed by atoms with Crippen LogP contribution in [-0.4, -0.2) is 36.0 Å². The van der Waals surface area contributed by atoms with E-state index in [1.165, 1.54) is 4.90 Å². The van der Waals surface area contributed by atoms with Crippen LogP contribution in [0.2, 0.25) is 0 Å². The molecule has 0 radical (unpaired) electrons. The van der Waals surface area contributed by atoms with Gasteiger partial charge in [0.25, 0.3) is 11.8 Å². The van der Waals surface area contributed by atoms with Crippen molar-refractivity contribution in [1.29, 1.82) is 0 Å². The first-order chi connectivity index (χ1) is 18.5. The summed E-state index contributed by atoms with van der Waals surface area (Å²) in [6, 6.07) is 22.3. The molecule has 1 saturated heterocycles. The molecule has 2 unspecified atom stereocenters. The molecule has 2 atom stereocenters. The first-order valence-corrected chi connectivity index (χ1v) is 13.0. The third-order valence-electron chi connectivity index (χ3n) is 8.14. The normalized spacial score (nSPS) is 22.1. The summed E-state index contributed by atoms with van der Waals surface area (Å²) in [4.78, 5) is 46.3. The quantitative estimate of drug-likeness (QED) is 0.407. The van der Waals surface area contributed by atoms with Crippen molar-refractivity contribution in [3.05, 3.63) is 111 Å². The Morgan fingerprint density at radius 1 is 0.947 bits per heavy atom. The molecule has 1 fully saturated rings. The molecule has 0 aliphatic carbocycles. The largest absolute Gasteiger partial charge is 0.450 e. The van der Waals surface area contributed by atoms with E-state index < -0.39 is 11.4 Å². The highest BCUT2D eigenvalue weighted by molar-refractivity contribution is 6.17. The van der Waals surface area contributed by atoms with E-state index in [-0.39, 0.29) is 35.3 Å². The zero-order chi connectivity index (χ0) is 26.0. The van der Waals surface area contributed by atoms with Crippen LogP contribution in [-0.2, 0) is 21.6 Å². The molecule has 38 heavy (non-hydrogen) atoms. The fourth-order valence-corrected chi connectivity index (χ4v) is 6.29. The SMILES string of the molecule is Cc1ccccc1CN1C(=O)C2(c3ccccc31)c1c(oc3ccccc3c1=O)C(=O)N2CC1CCCO1. The molecule has 0 bridgehead atoms. The third-order valence-corrected chi connectivity index (χ3v) is 8.14. The maximum Gasteiger partial charge on any atom is 0.291 e. The minimum atomic E-state index is -1.62. The van der Waals surface area contributed by atoms with Crippen molar-refractivity contribution in [3.8, 4) is 0 Å². The number of benzene rings is 3. The van der Waals surface area contributed by atoms with E-state index >= 15 is 0 Å². The second kappa shape index (κ2) is 8.39. The Hall–Kier alpha value is -4.23. The first kappa shape index (κ1) is 22.9. The van der Waals surface area contributed by atoms with Crippen LogP contribution in [0.5, 0.6) is 0 Å². The number of nitrogens with zero attached hydrogens (tertiary/aromatic N) is 2. The second-order valence-corrected chi connectivity index (χ2v) is 10.2. The summed E-state index contributed by atoms with van der Waals surface area (Å²) in [5.74, 6) is -0.846. The van der Waals surface area contributed by atoms with Gasteiger partial charge in [-0.1, -0.05) is 54.6 Å². The molecule has 190 valence electrons. The average molecular weight is 507 g/mol. The fourth-order valence-electron chi connectivity index (χ4n) is 6.29. The summed E-state index contributed by atoms with van der Waals surface area (Å²) in [6.07, 6.45) is 1.44.